The molecule has 75 heavy (non-hydrogen) atoms. The van der Waals surface area contributed by atoms with E-state index < -0.39 is 10.8 Å². The maximum atomic E-state index is 7.22. The van der Waals surface area contributed by atoms with E-state index >= 15 is 0 Å². The Morgan fingerprint density at radius 3 is 1.43 bits per heavy atom. The lowest BCUT2D eigenvalue weighted by Crippen LogP contribution is -2.34. The minimum Gasteiger partial charge on any atom is -0.457 e. The molecule has 11 rings (SSSR count). The highest BCUT2D eigenvalue weighted by Crippen LogP contribution is 2.52. The summed E-state index contributed by atoms with van der Waals surface area (Å²) in [6.07, 6.45) is 1.94. The SMILES string of the molecule is CC(C)(C)c1cc(-c2ccccc2)cc(N2CN(c3cc(Oc4ccc5c6ccccc6n(-c6cc(C(C)(C)C)ccn6)c5c4)cc(-c4ccccc4)c3)C(C(C)(C)c3ccccc3)=C2C(C)(C)c2ccccc2)c1. The van der Waals surface area contributed by atoms with E-state index in [-0.39, 0.29) is 10.8 Å². The van der Waals surface area contributed by atoms with Crippen LogP contribution in [-0.2, 0) is 21.7 Å². The molecule has 0 bridgehead atoms. The number of ether oxygens (including phenoxy) is 1. The van der Waals surface area contributed by atoms with Crippen LogP contribution in [0.3, 0.4) is 0 Å². The number of hydrogen-bond donors (Lipinski definition) is 0. The second kappa shape index (κ2) is 19.0. The molecule has 0 unspecified atom stereocenters. The first-order valence-corrected chi connectivity index (χ1v) is 26.5. The Labute approximate surface area is 444 Å². The van der Waals surface area contributed by atoms with Crippen molar-refractivity contribution in [3.8, 4) is 39.6 Å². The van der Waals surface area contributed by atoms with Crippen molar-refractivity contribution in [2.45, 2.75) is 90.9 Å². The molecule has 5 nitrogen and oxygen atoms in total. The molecule has 5 heteroatoms. The average molecular weight is 981 g/mol. The zero-order chi connectivity index (χ0) is 52.3. The first-order chi connectivity index (χ1) is 35.9. The smallest absolute Gasteiger partial charge is 0.137 e. The van der Waals surface area contributed by atoms with E-state index in [1.54, 1.807) is 0 Å². The van der Waals surface area contributed by atoms with Crippen LogP contribution in [0.15, 0.2) is 230 Å². The molecular weight excluding hydrogens is 913 g/mol. The van der Waals surface area contributed by atoms with Gasteiger partial charge in [0, 0.05) is 51.3 Å². The summed E-state index contributed by atoms with van der Waals surface area (Å²) in [4.78, 5) is 10.2. The highest BCUT2D eigenvalue weighted by Gasteiger charge is 2.46. The predicted octanol–water partition coefficient (Wildman–Crippen LogP) is 18.4. The number of nitrogens with zero attached hydrogens (tertiary/aromatic N) is 4. The molecule has 0 radical (unpaired) electrons. The summed E-state index contributed by atoms with van der Waals surface area (Å²) in [5, 5.41) is 2.32. The van der Waals surface area contributed by atoms with Gasteiger partial charge in [-0.25, -0.2) is 4.98 Å². The molecule has 0 saturated heterocycles. The van der Waals surface area contributed by atoms with E-state index in [9.17, 15) is 0 Å². The van der Waals surface area contributed by atoms with E-state index in [0.29, 0.717) is 6.67 Å². The van der Waals surface area contributed by atoms with Gasteiger partial charge in [-0.1, -0.05) is 215 Å². The van der Waals surface area contributed by atoms with Gasteiger partial charge in [-0.15, -0.1) is 0 Å². The van der Waals surface area contributed by atoms with Gasteiger partial charge in [-0.2, -0.15) is 0 Å². The van der Waals surface area contributed by atoms with Crippen LogP contribution in [0.25, 0.3) is 49.9 Å². The van der Waals surface area contributed by atoms with Gasteiger partial charge < -0.3 is 14.5 Å². The van der Waals surface area contributed by atoms with Crippen molar-refractivity contribution in [3.05, 3.63) is 252 Å². The van der Waals surface area contributed by atoms with E-state index in [1.165, 1.54) is 50.2 Å². The highest BCUT2D eigenvalue weighted by atomic mass is 16.5. The molecule has 1 aliphatic rings. The van der Waals surface area contributed by atoms with Gasteiger partial charge in [0.15, 0.2) is 0 Å². The number of benzene rings is 8. The van der Waals surface area contributed by atoms with E-state index in [4.69, 9.17) is 9.72 Å². The van der Waals surface area contributed by atoms with E-state index in [0.717, 1.165) is 56.2 Å². The van der Waals surface area contributed by atoms with Crippen LogP contribution in [0.2, 0.25) is 0 Å². The molecule has 0 aliphatic carbocycles. The van der Waals surface area contributed by atoms with Crippen molar-refractivity contribution < 1.29 is 4.74 Å². The number of allylic oxidation sites excluding steroid dienone is 2. The van der Waals surface area contributed by atoms with Gasteiger partial charge >= 0.3 is 0 Å². The molecule has 8 aromatic carbocycles. The lowest BCUT2D eigenvalue weighted by atomic mass is 9.73. The van der Waals surface area contributed by atoms with Gasteiger partial charge in [0.2, 0.25) is 0 Å². The van der Waals surface area contributed by atoms with Gasteiger partial charge in [0.1, 0.15) is 17.3 Å². The summed E-state index contributed by atoms with van der Waals surface area (Å²) in [5.74, 6) is 2.38. The molecule has 0 spiro atoms. The largest absolute Gasteiger partial charge is 0.457 e. The van der Waals surface area contributed by atoms with E-state index in [1.807, 2.05) is 6.20 Å². The summed E-state index contributed by atoms with van der Waals surface area (Å²) in [6, 6.07) is 77.1. The second-order valence-corrected chi connectivity index (χ2v) is 23.4. The van der Waals surface area contributed by atoms with Crippen molar-refractivity contribution in [2.24, 2.45) is 0 Å². The zero-order valence-corrected chi connectivity index (χ0v) is 45.2. The fourth-order valence-electron chi connectivity index (χ4n) is 11.2. The molecule has 374 valence electrons. The quantitative estimate of drug-likeness (QED) is 0.129. The summed E-state index contributed by atoms with van der Waals surface area (Å²) < 4.78 is 9.51. The molecule has 10 aromatic rings. The van der Waals surface area contributed by atoms with Gasteiger partial charge in [-0.05, 0) is 110 Å². The minimum atomic E-state index is -0.470. The Hall–Kier alpha value is -8.15. The van der Waals surface area contributed by atoms with Crippen LogP contribution in [0.4, 0.5) is 11.4 Å². The highest BCUT2D eigenvalue weighted by molar-refractivity contribution is 6.09. The van der Waals surface area contributed by atoms with Crippen molar-refractivity contribution in [2.75, 3.05) is 16.5 Å². The Balaban J connectivity index is 1.14. The van der Waals surface area contributed by atoms with Gasteiger partial charge in [0.05, 0.1) is 29.1 Å². The maximum Gasteiger partial charge on any atom is 0.137 e. The predicted molar refractivity (Wildman–Crippen MR) is 316 cm³/mol. The lowest BCUT2D eigenvalue weighted by molar-refractivity contribution is 0.483. The van der Waals surface area contributed by atoms with Crippen LogP contribution in [-0.4, -0.2) is 16.2 Å². The van der Waals surface area contributed by atoms with Crippen LogP contribution < -0.4 is 14.5 Å². The Kier molecular flexibility index (Phi) is 12.4. The summed E-state index contributed by atoms with van der Waals surface area (Å²) in [6.45, 7) is 23.9. The van der Waals surface area contributed by atoms with Crippen molar-refractivity contribution in [3.63, 3.8) is 0 Å². The number of aromatic nitrogens is 2. The van der Waals surface area contributed by atoms with Crippen molar-refractivity contribution in [1.82, 2.24) is 9.55 Å². The molecule has 0 N–H and O–H groups in total. The molecule has 1 aliphatic heterocycles. The molecule has 0 fully saturated rings. The molecule has 0 atom stereocenters. The molecule has 3 heterocycles. The molecular formula is C70H68N4O. The van der Waals surface area contributed by atoms with Gasteiger partial charge in [-0.3, -0.25) is 4.57 Å². The van der Waals surface area contributed by atoms with Crippen LogP contribution >= 0.6 is 0 Å². The third-order valence-electron chi connectivity index (χ3n) is 15.5. The number of para-hydroxylation sites is 1. The first kappa shape index (κ1) is 49.1. The van der Waals surface area contributed by atoms with Crippen LogP contribution in [0.5, 0.6) is 11.5 Å². The maximum absolute atomic E-state index is 7.22. The Morgan fingerprint density at radius 2 is 0.867 bits per heavy atom. The average Bonchev–Trinajstić information content (AvgIpc) is 4.02. The Morgan fingerprint density at radius 1 is 0.373 bits per heavy atom. The lowest BCUT2D eigenvalue weighted by Gasteiger charge is -2.38. The van der Waals surface area contributed by atoms with Gasteiger partial charge in [0.25, 0.3) is 0 Å². The van der Waals surface area contributed by atoms with E-state index in [2.05, 4.69) is 296 Å². The first-order valence-electron chi connectivity index (χ1n) is 26.5. The molecule has 0 amide bonds. The summed E-state index contributed by atoms with van der Waals surface area (Å²) in [7, 11) is 0. The molecule has 2 aromatic heterocycles. The minimum absolute atomic E-state index is 0.0381. The zero-order valence-electron chi connectivity index (χ0n) is 45.2. The standard InChI is InChI=1S/C70H68N4O/c1-67(2,3)54-37-38-71-64(44-54)74-62-34-24-23-33-60(62)61-36-35-58(46-63(61)74)75-59-42-51(49-27-17-12-18-28-49)41-57(45-59)73-47-72(56-40-50(48-25-15-11-16-26-48)39-55(43-56)68(4,5)6)65(69(7,8)52-29-19-13-20-30-52)66(73)70(9,10)53-31-21-14-22-32-53/h11-46H,47H2,1-10H3. The number of fused-ring (bicyclic) bond motifs is 3. The molecule has 0 saturated carbocycles. The number of pyridine rings is 1. The third-order valence-corrected chi connectivity index (χ3v) is 15.5. The summed E-state index contributed by atoms with van der Waals surface area (Å²) in [5.41, 5.74) is 15.4. The summed E-state index contributed by atoms with van der Waals surface area (Å²) >= 11 is 0. The monoisotopic (exact) mass is 981 g/mol. The second-order valence-electron chi connectivity index (χ2n) is 23.4. The fraction of sp³-hybridized carbons (Fsp3) is 0.214. The number of anilines is 2. The third kappa shape index (κ3) is 9.31. The van der Waals surface area contributed by atoms with Crippen LogP contribution in [0, 0.1) is 0 Å². The van der Waals surface area contributed by atoms with Crippen molar-refractivity contribution in [1.29, 1.82) is 0 Å². The number of hydrogen-bond acceptors (Lipinski definition) is 4. The topological polar surface area (TPSA) is 33.5 Å². The Bertz CT molecular complexity index is 3730. The van der Waals surface area contributed by atoms with Crippen molar-refractivity contribution >= 4 is 33.2 Å². The van der Waals surface area contributed by atoms with Crippen LogP contribution in [0.1, 0.15) is 91.5 Å². The fourth-order valence-corrected chi connectivity index (χ4v) is 11.2. The number of rotatable bonds is 11. The normalized spacial score (nSPS) is 13.6.